The first kappa shape index (κ1) is 18.2. The normalized spacial score (nSPS) is 17.7. The van der Waals surface area contributed by atoms with Crippen LogP contribution in [0.4, 0.5) is 4.79 Å². The molecule has 1 heterocycles. The second-order valence-electron chi connectivity index (χ2n) is 6.82. The summed E-state index contributed by atoms with van der Waals surface area (Å²) >= 11 is 0. The van der Waals surface area contributed by atoms with Gasteiger partial charge in [-0.15, -0.1) is 0 Å². The number of hydrogen-bond acceptors (Lipinski definition) is 4. The van der Waals surface area contributed by atoms with Crippen LogP contribution in [0.25, 0.3) is 0 Å². The fourth-order valence-corrected chi connectivity index (χ4v) is 2.43. The number of nitrogens with one attached hydrogen (secondary N) is 1. The Morgan fingerprint density at radius 3 is 2.05 bits per heavy atom. The van der Waals surface area contributed by atoms with Crippen molar-refractivity contribution >= 4 is 6.09 Å². The highest BCUT2D eigenvalue weighted by Crippen LogP contribution is 2.06. The molecule has 1 fully saturated rings. The topological polar surface area (TPSA) is 44.8 Å². The molecule has 0 aromatic heterocycles. The van der Waals surface area contributed by atoms with Crippen LogP contribution in [-0.4, -0.2) is 67.3 Å². The molecule has 1 N–H and O–H groups in total. The smallest absolute Gasteiger partial charge is 0.407 e. The Morgan fingerprint density at radius 2 is 1.57 bits per heavy atom. The van der Waals surface area contributed by atoms with Gasteiger partial charge < -0.3 is 19.9 Å². The van der Waals surface area contributed by atoms with Gasteiger partial charge in [-0.1, -0.05) is 13.3 Å². The van der Waals surface area contributed by atoms with Gasteiger partial charge in [-0.25, -0.2) is 4.79 Å². The van der Waals surface area contributed by atoms with Crippen LogP contribution in [0, 0.1) is 0 Å². The first-order valence-electron chi connectivity index (χ1n) is 8.32. The van der Waals surface area contributed by atoms with E-state index in [0.717, 1.165) is 26.1 Å². The predicted octanol–water partition coefficient (Wildman–Crippen LogP) is 2.32. The molecule has 0 aliphatic carbocycles. The molecule has 0 atom stereocenters. The molecule has 0 aromatic carbocycles. The van der Waals surface area contributed by atoms with E-state index >= 15 is 0 Å². The number of ether oxygens (including phenoxy) is 1. The lowest BCUT2D eigenvalue weighted by molar-refractivity contribution is 0.0524. The van der Waals surface area contributed by atoms with E-state index in [1.807, 2.05) is 20.8 Å². The van der Waals surface area contributed by atoms with Crippen molar-refractivity contribution in [2.24, 2.45) is 0 Å². The van der Waals surface area contributed by atoms with Crippen molar-refractivity contribution in [3.8, 4) is 0 Å². The molecule has 0 bridgehead atoms. The molecule has 0 saturated carbocycles. The second-order valence-corrected chi connectivity index (χ2v) is 6.82. The Kier molecular flexibility index (Phi) is 8.04. The van der Waals surface area contributed by atoms with Crippen LogP contribution in [0.5, 0.6) is 0 Å². The zero-order valence-electron chi connectivity index (χ0n) is 14.3. The quantitative estimate of drug-likeness (QED) is 0.733. The summed E-state index contributed by atoms with van der Waals surface area (Å²) in [5.41, 5.74) is -0.418. The average molecular weight is 299 g/mol. The van der Waals surface area contributed by atoms with Crippen LogP contribution in [0.3, 0.4) is 0 Å². The number of rotatable bonds is 7. The van der Waals surface area contributed by atoms with Gasteiger partial charge in [0.1, 0.15) is 5.60 Å². The van der Waals surface area contributed by atoms with Crippen molar-refractivity contribution in [3.05, 3.63) is 0 Å². The predicted molar refractivity (Wildman–Crippen MR) is 86.6 cm³/mol. The Morgan fingerprint density at radius 1 is 1.05 bits per heavy atom. The molecule has 1 saturated heterocycles. The Bertz CT molecular complexity index is 294. The zero-order valence-corrected chi connectivity index (χ0v) is 14.3. The summed E-state index contributed by atoms with van der Waals surface area (Å²) in [4.78, 5) is 16.5. The van der Waals surface area contributed by atoms with Gasteiger partial charge in [-0.05, 0) is 46.7 Å². The Labute approximate surface area is 130 Å². The van der Waals surface area contributed by atoms with E-state index in [0.29, 0.717) is 6.54 Å². The molecule has 0 radical (unpaired) electrons. The summed E-state index contributed by atoms with van der Waals surface area (Å²) in [6.07, 6.45) is 3.25. The zero-order chi connectivity index (χ0) is 15.7. The lowest BCUT2D eigenvalue weighted by atomic mass is 10.2. The molecule has 1 rings (SSSR count). The third-order valence-electron chi connectivity index (χ3n) is 3.61. The lowest BCUT2D eigenvalue weighted by Crippen LogP contribution is -2.47. The summed E-state index contributed by atoms with van der Waals surface area (Å²) in [7, 11) is 0. The average Bonchev–Trinajstić information content (AvgIpc) is 2.41. The molecule has 0 aromatic rings. The minimum Gasteiger partial charge on any atom is -0.444 e. The van der Waals surface area contributed by atoms with Gasteiger partial charge in [-0.3, -0.25) is 0 Å². The van der Waals surface area contributed by atoms with Gasteiger partial charge in [0.05, 0.1) is 0 Å². The first-order chi connectivity index (χ1) is 9.90. The van der Waals surface area contributed by atoms with Gasteiger partial charge in [0.2, 0.25) is 0 Å². The van der Waals surface area contributed by atoms with Gasteiger partial charge in [0.25, 0.3) is 0 Å². The molecule has 124 valence electrons. The third-order valence-corrected chi connectivity index (χ3v) is 3.61. The maximum Gasteiger partial charge on any atom is 0.407 e. The van der Waals surface area contributed by atoms with E-state index in [1.165, 1.54) is 32.5 Å². The van der Waals surface area contributed by atoms with Crippen LogP contribution in [0.15, 0.2) is 0 Å². The molecule has 5 heteroatoms. The van der Waals surface area contributed by atoms with Crippen LogP contribution >= 0.6 is 0 Å². The number of piperazine rings is 1. The Balaban J connectivity index is 2.03. The molecule has 0 spiro atoms. The lowest BCUT2D eigenvalue weighted by Gasteiger charge is -2.34. The number of unbranched alkanes of at least 4 members (excludes halogenated alkanes) is 1. The Hall–Kier alpha value is -0.810. The van der Waals surface area contributed by atoms with Crippen molar-refractivity contribution in [1.29, 1.82) is 0 Å². The van der Waals surface area contributed by atoms with Crippen molar-refractivity contribution in [2.45, 2.75) is 52.6 Å². The van der Waals surface area contributed by atoms with Gasteiger partial charge in [0, 0.05) is 32.7 Å². The molecule has 0 unspecified atom stereocenters. The van der Waals surface area contributed by atoms with Gasteiger partial charge in [-0.2, -0.15) is 0 Å². The summed E-state index contributed by atoms with van der Waals surface area (Å²) in [6, 6.07) is 0. The minimum absolute atomic E-state index is 0.313. The van der Waals surface area contributed by atoms with Crippen LogP contribution in [-0.2, 0) is 4.74 Å². The number of nitrogens with zero attached hydrogens (tertiary/aromatic N) is 2. The van der Waals surface area contributed by atoms with Gasteiger partial charge in [0.15, 0.2) is 0 Å². The highest BCUT2D eigenvalue weighted by molar-refractivity contribution is 5.67. The van der Waals surface area contributed by atoms with Crippen LogP contribution < -0.4 is 5.32 Å². The number of carbonyl (C=O) groups excluding carboxylic acids is 1. The summed E-state index contributed by atoms with van der Waals surface area (Å²) in [6.45, 7) is 15.5. The van der Waals surface area contributed by atoms with Gasteiger partial charge >= 0.3 is 6.09 Å². The number of amides is 1. The molecule has 21 heavy (non-hydrogen) atoms. The largest absolute Gasteiger partial charge is 0.444 e. The van der Waals surface area contributed by atoms with E-state index in [-0.39, 0.29) is 6.09 Å². The van der Waals surface area contributed by atoms with E-state index in [1.54, 1.807) is 0 Å². The molecule has 1 aliphatic rings. The molecular weight excluding hydrogens is 266 g/mol. The number of alkyl carbamates (subject to hydrolysis) is 1. The minimum atomic E-state index is -0.418. The third kappa shape index (κ3) is 8.94. The van der Waals surface area contributed by atoms with Crippen molar-refractivity contribution in [3.63, 3.8) is 0 Å². The van der Waals surface area contributed by atoms with E-state index in [4.69, 9.17) is 4.74 Å². The summed E-state index contributed by atoms with van der Waals surface area (Å²) in [5, 5.41) is 2.82. The first-order valence-corrected chi connectivity index (χ1v) is 8.32. The second kappa shape index (κ2) is 9.26. The van der Waals surface area contributed by atoms with E-state index in [2.05, 4.69) is 22.0 Å². The van der Waals surface area contributed by atoms with Crippen molar-refractivity contribution in [1.82, 2.24) is 15.1 Å². The molecule has 1 aliphatic heterocycles. The maximum atomic E-state index is 11.5. The van der Waals surface area contributed by atoms with Crippen LogP contribution in [0.2, 0.25) is 0 Å². The monoisotopic (exact) mass is 299 g/mol. The summed E-state index contributed by atoms with van der Waals surface area (Å²) in [5.74, 6) is 0. The molecular formula is C16H33N3O2. The number of carbonyl (C=O) groups is 1. The SMILES string of the molecule is CCCCN1CCN(CCCNC(=O)OC(C)(C)C)CC1. The number of hydrogen-bond donors (Lipinski definition) is 1. The maximum absolute atomic E-state index is 11.5. The fourth-order valence-electron chi connectivity index (χ4n) is 2.43. The standard InChI is InChI=1S/C16H33N3O2/c1-5-6-9-18-11-13-19(14-12-18)10-7-8-17-15(20)21-16(2,3)4/h5-14H2,1-4H3,(H,17,20). The van der Waals surface area contributed by atoms with E-state index < -0.39 is 5.60 Å². The fraction of sp³-hybridized carbons (Fsp3) is 0.938. The molecule has 1 amide bonds. The highest BCUT2D eigenvalue weighted by Gasteiger charge is 2.17. The summed E-state index contributed by atoms with van der Waals surface area (Å²) < 4.78 is 5.21. The van der Waals surface area contributed by atoms with Crippen molar-refractivity contribution in [2.75, 3.05) is 45.8 Å². The van der Waals surface area contributed by atoms with Crippen molar-refractivity contribution < 1.29 is 9.53 Å². The highest BCUT2D eigenvalue weighted by atomic mass is 16.6. The molecule has 5 nitrogen and oxygen atoms in total. The van der Waals surface area contributed by atoms with E-state index in [9.17, 15) is 4.79 Å². The van der Waals surface area contributed by atoms with Crippen LogP contribution in [0.1, 0.15) is 47.0 Å².